The molecule has 4 aromatic heterocycles. The summed E-state index contributed by atoms with van der Waals surface area (Å²) in [6, 6.07) is 7.15. The van der Waals surface area contributed by atoms with Crippen molar-refractivity contribution in [1.29, 1.82) is 0 Å². The number of hydrogen-bond acceptors (Lipinski definition) is 8. The Morgan fingerprint density at radius 2 is 1.58 bits per heavy atom. The number of benzene rings is 1. The Morgan fingerprint density at radius 3 is 2.24 bits per heavy atom. The Bertz CT molecular complexity index is 1560. The first-order chi connectivity index (χ1) is 18.4. The molecule has 0 spiro atoms. The molecule has 1 unspecified atom stereocenters. The number of hydrogen-bond donors (Lipinski definition) is 1. The highest BCUT2D eigenvalue weighted by Crippen LogP contribution is 2.31. The summed E-state index contributed by atoms with van der Waals surface area (Å²) in [6.45, 7) is 1.59. The van der Waals surface area contributed by atoms with E-state index in [1.165, 1.54) is 36.7 Å². The van der Waals surface area contributed by atoms with E-state index in [2.05, 4.69) is 36.1 Å². The van der Waals surface area contributed by atoms with Crippen molar-refractivity contribution in [2.45, 2.75) is 5.60 Å². The number of aromatic nitrogens is 7. The molecule has 1 N–H and O–H groups in total. The Morgan fingerprint density at radius 1 is 0.868 bits per heavy atom. The molecule has 1 aliphatic rings. The van der Waals surface area contributed by atoms with E-state index in [1.807, 2.05) is 35.1 Å². The van der Waals surface area contributed by atoms with Gasteiger partial charge in [0, 0.05) is 74.7 Å². The summed E-state index contributed by atoms with van der Waals surface area (Å²) in [7, 11) is 1.88. The molecule has 194 valence electrons. The van der Waals surface area contributed by atoms with Crippen LogP contribution in [0.1, 0.15) is 11.1 Å². The highest BCUT2D eigenvalue weighted by atomic mass is 19.1. The van der Waals surface area contributed by atoms with Crippen molar-refractivity contribution >= 4 is 17.3 Å². The van der Waals surface area contributed by atoms with Crippen molar-refractivity contribution in [3.05, 3.63) is 84.6 Å². The quantitative estimate of drug-likeness (QED) is 0.367. The van der Waals surface area contributed by atoms with Gasteiger partial charge in [0.05, 0.1) is 6.20 Å². The van der Waals surface area contributed by atoms with Crippen molar-refractivity contribution in [2.24, 2.45) is 7.05 Å². The molecule has 0 saturated carbocycles. The third-order valence-corrected chi connectivity index (χ3v) is 6.92. The van der Waals surface area contributed by atoms with Gasteiger partial charge in [0.2, 0.25) is 5.95 Å². The minimum absolute atomic E-state index is 0.204. The topological polar surface area (TPSA) is 100 Å². The average Bonchev–Trinajstić information content (AvgIpc) is 3.59. The SMILES string of the molecule is Cn1cc(-c2cc3c(N4CCN(c5ncc(C(O)(CF)c6ccc(F)cc6)cn5)CC4)ncnn3c2)cn1. The van der Waals surface area contributed by atoms with Crippen molar-refractivity contribution in [2.75, 3.05) is 42.7 Å². The zero-order valence-electron chi connectivity index (χ0n) is 20.6. The van der Waals surface area contributed by atoms with Gasteiger partial charge in [-0.1, -0.05) is 12.1 Å². The van der Waals surface area contributed by atoms with E-state index in [4.69, 9.17) is 0 Å². The smallest absolute Gasteiger partial charge is 0.225 e. The van der Waals surface area contributed by atoms with E-state index in [-0.39, 0.29) is 11.1 Å². The van der Waals surface area contributed by atoms with Gasteiger partial charge >= 0.3 is 0 Å². The second-order valence-corrected chi connectivity index (χ2v) is 9.29. The molecule has 0 bridgehead atoms. The maximum Gasteiger partial charge on any atom is 0.225 e. The van der Waals surface area contributed by atoms with Gasteiger partial charge in [-0.15, -0.1) is 0 Å². The zero-order chi connectivity index (χ0) is 26.3. The number of piperazine rings is 1. The Hall–Kier alpha value is -4.45. The first kappa shape index (κ1) is 23.9. The summed E-state index contributed by atoms with van der Waals surface area (Å²) in [5.41, 5.74) is 1.42. The molecule has 38 heavy (non-hydrogen) atoms. The molecule has 5 heterocycles. The Labute approximate surface area is 216 Å². The Kier molecular flexibility index (Phi) is 5.95. The van der Waals surface area contributed by atoms with Gasteiger partial charge in [0.25, 0.3) is 0 Å². The number of rotatable bonds is 6. The fourth-order valence-electron chi connectivity index (χ4n) is 4.75. The molecule has 1 saturated heterocycles. The molecular weight excluding hydrogens is 492 g/mol. The van der Waals surface area contributed by atoms with E-state index < -0.39 is 18.1 Å². The van der Waals surface area contributed by atoms with E-state index in [0.717, 1.165) is 22.5 Å². The minimum Gasteiger partial charge on any atom is -0.377 e. The highest BCUT2D eigenvalue weighted by molar-refractivity contribution is 5.77. The monoisotopic (exact) mass is 517 g/mol. The zero-order valence-corrected chi connectivity index (χ0v) is 20.6. The molecule has 1 aliphatic heterocycles. The van der Waals surface area contributed by atoms with Crippen molar-refractivity contribution in [3.8, 4) is 11.1 Å². The van der Waals surface area contributed by atoms with Crippen LogP contribution < -0.4 is 9.80 Å². The van der Waals surface area contributed by atoms with Gasteiger partial charge < -0.3 is 14.9 Å². The summed E-state index contributed by atoms with van der Waals surface area (Å²) in [6.07, 6.45) is 10.1. The molecular formula is C26H25F2N9O. The van der Waals surface area contributed by atoms with Gasteiger partial charge in [-0.2, -0.15) is 10.2 Å². The number of aryl methyl sites for hydroxylation is 1. The van der Waals surface area contributed by atoms with Crippen LogP contribution in [0, 0.1) is 5.82 Å². The van der Waals surface area contributed by atoms with Crippen LogP contribution in [-0.2, 0) is 12.6 Å². The standard InChI is InChI=1S/C26H25F2N9O/c1-34-14-19(11-32-34)18-10-23-24(31-17-33-37(23)15-18)35-6-8-36(9-7-35)25-29-12-21(13-30-25)26(38,16-27)20-2-4-22(28)5-3-20/h2-5,10-15,17,38H,6-9,16H2,1H3. The van der Waals surface area contributed by atoms with Gasteiger partial charge in [-0.3, -0.25) is 4.68 Å². The van der Waals surface area contributed by atoms with E-state index >= 15 is 0 Å². The summed E-state index contributed by atoms with van der Waals surface area (Å²) in [5.74, 6) is 0.871. The molecule has 1 fully saturated rings. The van der Waals surface area contributed by atoms with Gasteiger partial charge in [0.1, 0.15) is 29.9 Å². The second-order valence-electron chi connectivity index (χ2n) is 9.29. The molecule has 0 aliphatic carbocycles. The first-order valence-electron chi connectivity index (χ1n) is 12.1. The number of anilines is 2. The van der Waals surface area contributed by atoms with Crippen LogP contribution in [0.2, 0.25) is 0 Å². The third kappa shape index (κ3) is 4.22. The average molecular weight is 518 g/mol. The van der Waals surface area contributed by atoms with Crippen LogP contribution >= 0.6 is 0 Å². The molecule has 6 rings (SSSR count). The molecule has 0 radical (unpaired) electrons. The number of halogens is 2. The minimum atomic E-state index is -1.95. The van der Waals surface area contributed by atoms with Gasteiger partial charge in [-0.05, 0) is 23.8 Å². The molecule has 12 heteroatoms. The summed E-state index contributed by atoms with van der Waals surface area (Å²) in [4.78, 5) is 17.6. The lowest BCUT2D eigenvalue weighted by molar-refractivity contribution is 0.0511. The van der Waals surface area contributed by atoms with E-state index in [0.29, 0.717) is 32.1 Å². The van der Waals surface area contributed by atoms with E-state index in [1.54, 1.807) is 11.0 Å². The van der Waals surface area contributed by atoms with Crippen molar-refractivity contribution in [1.82, 2.24) is 34.3 Å². The van der Waals surface area contributed by atoms with Crippen LogP contribution in [0.15, 0.2) is 67.6 Å². The molecule has 1 aromatic carbocycles. The summed E-state index contributed by atoms with van der Waals surface area (Å²) >= 11 is 0. The molecule has 0 amide bonds. The molecule has 5 aromatic rings. The number of alkyl halides is 1. The lowest BCUT2D eigenvalue weighted by Gasteiger charge is -2.35. The maximum absolute atomic E-state index is 14.0. The number of fused-ring (bicyclic) bond motifs is 1. The first-order valence-corrected chi connectivity index (χ1v) is 12.1. The lowest BCUT2D eigenvalue weighted by atomic mass is 9.89. The fraction of sp³-hybridized carbons (Fsp3) is 0.269. The summed E-state index contributed by atoms with van der Waals surface area (Å²) < 4.78 is 30.8. The van der Waals surface area contributed by atoms with Crippen molar-refractivity contribution < 1.29 is 13.9 Å². The largest absolute Gasteiger partial charge is 0.377 e. The van der Waals surface area contributed by atoms with Crippen LogP contribution in [0.3, 0.4) is 0 Å². The molecule has 1 atom stereocenters. The van der Waals surface area contributed by atoms with Gasteiger partial charge in [-0.25, -0.2) is 28.2 Å². The summed E-state index contributed by atoms with van der Waals surface area (Å²) in [5, 5.41) is 19.6. The molecule has 10 nitrogen and oxygen atoms in total. The second kappa shape index (κ2) is 9.45. The van der Waals surface area contributed by atoms with Crippen LogP contribution in [0.5, 0.6) is 0 Å². The lowest BCUT2D eigenvalue weighted by Crippen LogP contribution is -2.47. The normalized spacial score (nSPS) is 15.7. The third-order valence-electron chi connectivity index (χ3n) is 6.92. The van der Waals surface area contributed by atoms with Crippen LogP contribution in [0.4, 0.5) is 20.5 Å². The van der Waals surface area contributed by atoms with Crippen LogP contribution in [0.25, 0.3) is 16.6 Å². The Balaban J connectivity index is 1.17. The van der Waals surface area contributed by atoms with Crippen molar-refractivity contribution in [3.63, 3.8) is 0 Å². The predicted octanol–water partition coefficient (Wildman–Crippen LogP) is 2.59. The van der Waals surface area contributed by atoms with E-state index in [9.17, 15) is 13.9 Å². The fourth-order valence-corrected chi connectivity index (χ4v) is 4.75. The number of nitrogens with zero attached hydrogens (tertiary/aromatic N) is 9. The van der Waals surface area contributed by atoms with Crippen LogP contribution in [-0.4, -0.2) is 72.3 Å². The number of aliphatic hydroxyl groups is 1. The maximum atomic E-state index is 14.0. The van der Waals surface area contributed by atoms with Gasteiger partial charge in [0.15, 0.2) is 5.82 Å². The highest BCUT2D eigenvalue weighted by Gasteiger charge is 2.33. The predicted molar refractivity (Wildman–Crippen MR) is 137 cm³/mol.